The molecule has 0 heterocycles. The zero-order valence-electron chi connectivity index (χ0n) is 17.5. The molecule has 148 valence electrons. The van der Waals surface area contributed by atoms with Crippen LogP contribution in [-0.2, 0) is 9.59 Å². The maximum Gasteiger partial charge on any atom is 0.223 e. The van der Waals surface area contributed by atoms with Gasteiger partial charge in [0.25, 0.3) is 0 Å². The first-order valence-corrected chi connectivity index (χ1v) is 9.32. The second-order valence-corrected chi connectivity index (χ2v) is 6.35. The molecular formula is C20H41N3O2. The highest BCUT2D eigenvalue weighted by atomic mass is 16.2. The SMILES string of the molecule is C#CC(C(C)C)N(C)C(=O)CCCC.CCCCN(C)CC.NC=O. The number of terminal acetylenes is 1. The summed E-state index contributed by atoms with van der Waals surface area (Å²) in [6.45, 7) is 13.0. The Morgan fingerprint density at radius 1 is 1.16 bits per heavy atom. The first-order valence-electron chi connectivity index (χ1n) is 9.32. The number of carbonyl (C=O) groups is 2. The Morgan fingerprint density at radius 2 is 1.64 bits per heavy atom. The van der Waals surface area contributed by atoms with Crippen LogP contribution in [0.2, 0.25) is 0 Å². The van der Waals surface area contributed by atoms with Gasteiger partial charge in [-0.3, -0.25) is 9.59 Å². The topological polar surface area (TPSA) is 66.6 Å². The van der Waals surface area contributed by atoms with Crippen molar-refractivity contribution in [2.75, 3.05) is 27.2 Å². The predicted molar refractivity (Wildman–Crippen MR) is 108 cm³/mol. The molecule has 0 radical (unpaired) electrons. The Balaban J connectivity index is -0.000000371. The molecule has 0 saturated heterocycles. The minimum atomic E-state index is -0.0700. The molecule has 0 aliphatic rings. The minimum absolute atomic E-state index is 0.0700. The van der Waals surface area contributed by atoms with Crippen molar-refractivity contribution < 1.29 is 9.59 Å². The number of nitrogens with two attached hydrogens (primary N) is 1. The van der Waals surface area contributed by atoms with Gasteiger partial charge in [-0.1, -0.05) is 53.4 Å². The molecular weight excluding hydrogens is 314 g/mol. The standard InChI is InChI=1S/C12H21NO.C7H17N.CH3NO/c1-6-8-9-12(14)13(5)11(7-2)10(3)4;1-4-6-7-8(3)5-2;2-1-3/h2,10-11H,6,8-9H2,1,3-5H3;4-7H2,1-3H3;1H,(H2,2,3). The normalized spacial score (nSPS) is 10.7. The molecule has 5 nitrogen and oxygen atoms in total. The third-order valence-electron chi connectivity index (χ3n) is 3.79. The maximum absolute atomic E-state index is 11.6. The predicted octanol–water partition coefficient (Wildman–Crippen LogP) is 3.13. The average molecular weight is 356 g/mol. The maximum atomic E-state index is 11.6. The van der Waals surface area contributed by atoms with Gasteiger partial charge in [-0.15, -0.1) is 6.42 Å². The van der Waals surface area contributed by atoms with Crippen molar-refractivity contribution in [1.29, 1.82) is 0 Å². The molecule has 0 fully saturated rings. The average Bonchev–Trinajstić information content (AvgIpc) is 2.58. The molecule has 2 N–H and O–H groups in total. The van der Waals surface area contributed by atoms with Gasteiger partial charge in [-0.2, -0.15) is 0 Å². The van der Waals surface area contributed by atoms with Gasteiger partial charge in [-0.25, -0.2) is 0 Å². The van der Waals surface area contributed by atoms with E-state index in [0.717, 1.165) is 12.8 Å². The van der Waals surface area contributed by atoms with E-state index in [1.165, 1.54) is 25.9 Å². The van der Waals surface area contributed by atoms with Gasteiger partial charge in [-0.05, 0) is 38.9 Å². The summed E-state index contributed by atoms with van der Waals surface area (Å²) in [5.41, 5.74) is 4.17. The Morgan fingerprint density at radius 3 is 1.96 bits per heavy atom. The summed E-state index contributed by atoms with van der Waals surface area (Å²) in [5, 5.41) is 0. The zero-order chi connectivity index (χ0) is 20.3. The number of hydrogen-bond donors (Lipinski definition) is 1. The van der Waals surface area contributed by atoms with Gasteiger partial charge in [0, 0.05) is 13.5 Å². The van der Waals surface area contributed by atoms with Gasteiger partial charge < -0.3 is 15.5 Å². The first-order chi connectivity index (χ1) is 11.8. The molecule has 0 rings (SSSR count). The molecule has 1 unspecified atom stereocenters. The summed E-state index contributed by atoms with van der Waals surface area (Å²) in [4.78, 5) is 24.3. The van der Waals surface area contributed by atoms with Crippen molar-refractivity contribution in [3.8, 4) is 12.3 Å². The van der Waals surface area contributed by atoms with E-state index in [2.05, 4.69) is 44.4 Å². The summed E-state index contributed by atoms with van der Waals surface area (Å²) >= 11 is 0. The number of amides is 2. The van der Waals surface area contributed by atoms with E-state index in [4.69, 9.17) is 11.2 Å². The highest BCUT2D eigenvalue weighted by Gasteiger charge is 2.19. The summed E-state index contributed by atoms with van der Waals surface area (Å²) in [5.74, 6) is 3.14. The lowest BCUT2D eigenvalue weighted by Crippen LogP contribution is -2.39. The van der Waals surface area contributed by atoms with Gasteiger partial charge in [0.05, 0.1) is 6.04 Å². The molecule has 0 aliphatic carbocycles. The van der Waals surface area contributed by atoms with Gasteiger partial charge in [0.1, 0.15) is 0 Å². The highest BCUT2D eigenvalue weighted by molar-refractivity contribution is 5.76. The molecule has 0 bridgehead atoms. The minimum Gasteiger partial charge on any atom is -0.372 e. The Hall–Kier alpha value is -1.54. The number of unbranched alkanes of at least 4 members (excludes halogenated alkanes) is 2. The van der Waals surface area contributed by atoms with Crippen molar-refractivity contribution in [1.82, 2.24) is 9.80 Å². The third kappa shape index (κ3) is 18.6. The lowest BCUT2D eigenvalue weighted by molar-refractivity contribution is -0.131. The molecule has 0 spiro atoms. The molecule has 5 heteroatoms. The van der Waals surface area contributed by atoms with Crippen LogP contribution in [0.4, 0.5) is 0 Å². The number of primary amides is 1. The van der Waals surface area contributed by atoms with Crippen LogP contribution >= 0.6 is 0 Å². The molecule has 1 atom stereocenters. The van der Waals surface area contributed by atoms with Crippen LogP contribution in [0, 0.1) is 18.3 Å². The van der Waals surface area contributed by atoms with E-state index >= 15 is 0 Å². The quantitative estimate of drug-likeness (QED) is 0.510. The second kappa shape index (κ2) is 20.5. The first kappa shape index (κ1) is 28.3. The van der Waals surface area contributed by atoms with Crippen molar-refractivity contribution in [3.63, 3.8) is 0 Å². The Kier molecular flexibility index (Phi) is 23.2. The van der Waals surface area contributed by atoms with E-state index in [-0.39, 0.29) is 18.4 Å². The fourth-order valence-corrected chi connectivity index (χ4v) is 2.00. The van der Waals surface area contributed by atoms with Crippen LogP contribution in [0.25, 0.3) is 0 Å². The molecule has 0 aromatic heterocycles. The summed E-state index contributed by atoms with van der Waals surface area (Å²) in [6.07, 6.45) is 10.9. The molecule has 0 aromatic rings. The summed E-state index contributed by atoms with van der Waals surface area (Å²) < 4.78 is 0. The van der Waals surface area contributed by atoms with E-state index in [9.17, 15) is 4.79 Å². The molecule has 2 amide bonds. The number of carbonyl (C=O) groups excluding carboxylic acids is 2. The fourth-order valence-electron chi connectivity index (χ4n) is 2.00. The van der Waals surface area contributed by atoms with Crippen LogP contribution in [0.3, 0.4) is 0 Å². The summed E-state index contributed by atoms with van der Waals surface area (Å²) in [7, 11) is 3.96. The number of nitrogens with zero attached hydrogens (tertiary/aromatic N) is 2. The third-order valence-corrected chi connectivity index (χ3v) is 3.79. The molecule has 25 heavy (non-hydrogen) atoms. The lowest BCUT2D eigenvalue weighted by atomic mass is 10.0. The van der Waals surface area contributed by atoms with Crippen LogP contribution in [0.15, 0.2) is 0 Å². The van der Waals surface area contributed by atoms with Gasteiger partial charge >= 0.3 is 0 Å². The number of hydrogen-bond acceptors (Lipinski definition) is 3. The van der Waals surface area contributed by atoms with E-state index in [0.29, 0.717) is 12.3 Å². The van der Waals surface area contributed by atoms with Crippen molar-refractivity contribution in [3.05, 3.63) is 0 Å². The smallest absolute Gasteiger partial charge is 0.223 e. The van der Waals surface area contributed by atoms with Crippen LogP contribution in [-0.4, -0.2) is 55.3 Å². The van der Waals surface area contributed by atoms with Crippen molar-refractivity contribution in [2.45, 2.75) is 72.8 Å². The molecule has 0 aromatic carbocycles. The van der Waals surface area contributed by atoms with E-state index < -0.39 is 0 Å². The van der Waals surface area contributed by atoms with Gasteiger partial charge in [0.2, 0.25) is 12.3 Å². The monoisotopic (exact) mass is 355 g/mol. The van der Waals surface area contributed by atoms with Crippen LogP contribution < -0.4 is 5.73 Å². The molecule has 0 aliphatic heterocycles. The van der Waals surface area contributed by atoms with Crippen molar-refractivity contribution in [2.24, 2.45) is 11.7 Å². The number of rotatable bonds is 9. The van der Waals surface area contributed by atoms with Crippen molar-refractivity contribution >= 4 is 12.3 Å². The largest absolute Gasteiger partial charge is 0.372 e. The van der Waals surface area contributed by atoms with Crippen LogP contribution in [0.5, 0.6) is 0 Å². The Bertz CT molecular complexity index is 351. The van der Waals surface area contributed by atoms with Gasteiger partial charge in [0.15, 0.2) is 0 Å². The Labute approximate surface area is 156 Å². The fraction of sp³-hybridized carbons (Fsp3) is 0.800. The van der Waals surface area contributed by atoms with E-state index in [1.54, 1.807) is 11.9 Å². The highest BCUT2D eigenvalue weighted by Crippen LogP contribution is 2.10. The second-order valence-electron chi connectivity index (χ2n) is 6.35. The van der Waals surface area contributed by atoms with Crippen LogP contribution in [0.1, 0.15) is 66.7 Å². The van der Waals surface area contributed by atoms with E-state index in [1.807, 2.05) is 13.8 Å². The summed E-state index contributed by atoms with van der Waals surface area (Å²) in [6, 6.07) is -0.0700. The molecule has 0 saturated carbocycles. The lowest BCUT2D eigenvalue weighted by Gasteiger charge is -2.27. The zero-order valence-corrected chi connectivity index (χ0v) is 17.5.